The van der Waals surface area contributed by atoms with Gasteiger partial charge in [-0.3, -0.25) is 0 Å². The van der Waals surface area contributed by atoms with Crippen molar-refractivity contribution in [2.24, 2.45) is 17.3 Å². The molecule has 2 N–H and O–H groups in total. The SMILES string of the molecule is C[C@]12C[C@H](c3ccc(OCCI)cc3)[C@@H]3c4ccc(O)cc4CC[C@H]3[C@@H]1CC[C@@H]2O. The van der Waals surface area contributed by atoms with E-state index in [1.165, 1.54) is 16.7 Å². The molecule has 0 amide bonds. The van der Waals surface area contributed by atoms with Gasteiger partial charge in [0.1, 0.15) is 11.5 Å². The van der Waals surface area contributed by atoms with Gasteiger partial charge in [-0.05, 0) is 102 Å². The Labute approximate surface area is 193 Å². The summed E-state index contributed by atoms with van der Waals surface area (Å²) >= 11 is 2.33. The number of aryl methyl sites for hydroxylation is 1. The Hall–Kier alpha value is -1.27. The number of phenolic OH excluding ortho intramolecular Hbond substituents is 1. The molecule has 5 rings (SSSR count). The van der Waals surface area contributed by atoms with Crippen LogP contribution < -0.4 is 4.74 Å². The maximum absolute atomic E-state index is 11.0. The number of aliphatic hydroxyl groups is 1. The van der Waals surface area contributed by atoms with Crippen LogP contribution in [0.4, 0.5) is 0 Å². The molecule has 0 saturated heterocycles. The first-order chi connectivity index (χ1) is 14.5. The lowest BCUT2D eigenvalue weighted by atomic mass is 9.51. The molecule has 2 aromatic carbocycles. The molecule has 2 saturated carbocycles. The Balaban J connectivity index is 1.56. The molecule has 3 nitrogen and oxygen atoms in total. The van der Waals surface area contributed by atoms with E-state index in [9.17, 15) is 10.2 Å². The maximum atomic E-state index is 11.0. The number of aliphatic hydroxyl groups excluding tert-OH is 1. The second-order valence-corrected chi connectivity index (χ2v) is 10.8. The number of alkyl halides is 1. The van der Waals surface area contributed by atoms with Crippen molar-refractivity contribution in [1.82, 2.24) is 0 Å². The van der Waals surface area contributed by atoms with E-state index >= 15 is 0 Å². The van der Waals surface area contributed by atoms with Crippen LogP contribution >= 0.6 is 22.6 Å². The van der Waals surface area contributed by atoms with Crippen LogP contribution in [0, 0.1) is 17.3 Å². The van der Waals surface area contributed by atoms with E-state index in [1.54, 1.807) is 0 Å². The molecule has 2 fully saturated rings. The van der Waals surface area contributed by atoms with Gasteiger partial charge in [0.2, 0.25) is 0 Å². The van der Waals surface area contributed by atoms with E-state index in [-0.39, 0.29) is 11.5 Å². The lowest BCUT2D eigenvalue weighted by molar-refractivity contribution is -0.0323. The summed E-state index contributed by atoms with van der Waals surface area (Å²) in [7, 11) is 0. The molecule has 4 heteroatoms. The molecular weight excluding hydrogens is 487 g/mol. The van der Waals surface area contributed by atoms with Crippen molar-refractivity contribution in [3.63, 3.8) is 0 Å². The predicted octanol–water partition coefficient (Wildman–Crippen LogP) is 5.82. The average Bonchev–Trinajstić information content (AvgIpc) is 3.06. The average molecular weight is 518 g/mol. The smallest absolute Gasteiger partial charge is 0.119 e. The molecule has 0 spiro atoms. The number of aromatic hydroxyl groups is 1. The number of ether oxygens (including phenoxy) is 1. The molecule has 0 radical (unpaired) electrons. The maximum Gasteiger partial charge on any atom is 0.119 e. The van der Waals surface area contributed by atoms with Crippen LogP contribution in [0.3, 0.4) is 0 Å². The van der Waals surface area contributed by atoms with E-state index < -0.39 is 0 Å². The van der Waals surface area contributed by atoms with Crippen molar-refractivity contribution in [2.75, 3.05) is 11.0 Å². The quantitative estimate of drug-likeness (QED) is 0.397. The van der Waals surface area contributed by atoms with E-state index in [0.29, 0.717) is 29.4 Å². The van der Waals surface area contributed by atoms with Gasteiger partial charge in [-0.15, -0.1) is 0 Å². The summed E-state index contributed by atoms with van der Waals surface area (Å²) in [6.45, 7) is 3.07. The summed E-state index contributed by atoms with van der Waals surface area (Å²) in [6.07, 6.45) is 5.09. The van der Waals surface area contributed by atoms with Gasteiger partial charge in [0.25, 0.3) is 0 Å². The molecule has 160 valence electrons. The van der Waals surface area contributed by atoms with E-state index in [2.05, 4.69) is 59.8 Å². The molecule has 0 bridgehead atoms. The Morgan fingerprint density at radius 2 is 1.90 bits per heavy atom. The van der Waals surface area contributed by atoms with Crippen molar-refractivity contribution in [1.29, 1.82) is 0 Å². The topological polar surface area (TPSA) is 49.7 Å². The fourth-order valence-corrected chi connectivity index (χ4v) is 7.18. The molecule has 2 aromatic rings. The molecular formula is C26H31IO3. The largest absolute Gasteiger partial charge is 0.508 e. The fraction of sp³-hybridized carbons (Fsp3) is 0.538. The monoisotopic (exact) mass is 518 g/mol. The van der Waals surface area contributed by atoms with Crippen LogP contribution in [-0.4, -0.2) is 27.4 Å². The van der Waals surface area contributed by atoms with Gasteiger partial charge in [0.15, 0.2) is 0 Å². The van der Waals surface area contributed by atoms with Crippen LogP contribution in [0.1, 0.15) is 61.1 Å². The summed E-state index contributed by atoms with van der Waals surface area (Å²) < 4.78 is 6.78. The van der Waals surface area contributed by atoms with Crippen molar-refractivity contribution in [3.8, 4) is 11.5 Å². The lowest BCUT2D eigenvalue weighted by Crippen LogP contribution is -2.47. The number of hydrogen-bond acceptors (Lipinski definition) is 3. The van der Waals surface area contributed by atoms with Crippen LogP contribution in [0.15, 0.2) is 42.5 Å². The highest BCUT2D eigenvalue weighted by Gasteiger charge is 2.57. The van der Waals surface area contributed by atoms with Gasteiger partial charge < -0.3 is 14.9 Å². The molecule has 30 heavy (non-hydrogen) atoms. The van der Waals surface area contributed by atoms with Crippen LogP contribution in [-0.2, 0) is 6.42 Å². The molecule has 0 aromatic heterocycles. The third-order valence-corrected chi connectivity index (χ3v) is 8.76. The van der Waals surface area contributed by atoms with E-state index in [0.717, 1.165) is 48.9 Å². The summed E-state index contributed by atoms with van der Waals surface area (Å²) in [5.41, 5.74) is 4.08. The summed E-state index contributed by atoms with van der Waals surface area (Å²) in [5.74, 6) is 3.32. The van der Waals surface area contributed by atoms with E-state index in [4.69, 9.17) is 4.74 Å². The third kappa shape index (κ3) is 3.35. The van der Waals surface area contributed by atoms with Crippen molar-refractivity contribution >= 4 is 22.6 Å². The number of rotatable bonds is 4. The molecule has 0 aliphatic heterocycles. The summed E-state index contributed by atoms with van der Waals surface area (Å²) in [5, 5.41) is 21.0. The van der Waals surface area contributed by atoms with Gasteiger partial charge in [0, 0.05) is 4.43 Å². The second-order valence-electron chi connectivity index (χ2n) is 9.73. The minimum Gasteiger partial charge on any atom is -0.508 e. The number of halogens is 1. The first kappa shape index (κ1) is 20.6. The standard InChI is InChI=1S/C26H31IO3/c1-26-15-22(16-2-6-19(7-3-16)30-13-12-27)25-20-9-5-18(28)14-17(20)4-8-21(25)23(26)10-11-24(26)29/h2-3,5-7,9,14,21-25,28-29H,4,8,10-13,15H2,1H3/t21-,22+,23-,24-,25+,26-/m0/s1. The van der Waals surface area contributed by atoms with Gasteiger partial charge in [-0.1, -0.05) is 47.7 Å². The van der Waals surface area contributed by atoms with Gasteiger partial charge >= 0.3 is 0 Å². The Kier molecular flexibility index (Phi) is 5.51. The Bertz CT molecular complexity index is 911. The molecule has 6 atom stereocenters. The highest BCUT2D eigenvalue weighted by Crippen LogP contribution is 2.65. The number of hydrogen-bond donors (Lipinski definition) is 2. The predicted molar refractivity (Wildman–Crippen MR) is 128 cm³/mol. The molecule has 3 aliphatic rings. The van der Waals surface area contributed by atoms with Crippen molar-refractivity contribution in [3.05, 3.63) is 59.2 Å². The highest BCUT2D eigenvalue weighted by molar-refractivity contribution is 14.1. The number of phenols is 1. The first-order valence-corrected chi connectivity index (χ1v) is 12.8. The van der Waals surface area contributed by atoms with Crippen LogP contribution in [0.5, 0.6) is 11.5 Å². The first-order valence-electron chi connectivity index (χ1n) is 11.3. The lowest BCUT2D eigenvalue weighted by Gasteiger charge is -2.54. The zero-order chi connectivity index (χ0) is 20.9. The highest BCUT2D eigenvalue weighted by atomic mass is 127. The number of fused-ring (bicyclic) bond motifs is 5. The minimum absolute atomic E-state index is 0.00334. The number of benzene rings is 2. The molecule has 3 aliphatic carbocycles. The summed E-state index contributed by atoms with van der Waals surface area (Å²) in [4.78, 5) is 0. The van der Waals surface area contributed by atoms with Gasteiger partial charge in [0.05, 0.1) is 12.7 Å². The zero-order valence-corrected chi connectivity index (χ0v) is 19.7. The third-order valence-electron chi connectivity index (χ3n) is 8.32. The fourth-order valence-electron chi connectivity index (χ4n) is 6.96. The van der Waals surface area contributed by atoms with Crippen molar-refractivity contribution in [2.45, 2.75) is 57.0 Å². The summed E-state index contributed by atoms with van der Waals surface area (Å²) in [6, 6.07) is 14.7. The Morgan fingerprint density at radius 3 is 2.67 bits per heavy atom. The Morgan fingerprint density at radius 1 is 1.10 bits per heavy atom. The van der Waals surface area contributed by atoms with Gasteiger partial charge in [-0.2, -0.15) is 0 Å². The second kappa shape index (κ2) is 8.01. The minimum atomic E-state index is -0.196. The van der Waals surface area contributed by atoms with Gasteiger partial charge in [-0.25, -0.2) is 0 Å². The molecule has 0 heterocycles. The normalized spacial score (nSPS) is 34.7. The van der Waals surface area contributed by atoms with Crippen LogP contribution in [0.25, 0.3) is 0 Å². The zero-order valence-electron chi connectivity index (χ0n) is 17.6. The van der Waals surface area contributed by atoms with E-state index in [1.807, 2.05) is 12.1 Å². The van der Waals surface area contributed by atoms with Crippen LogP contribution in [0.2, 0.25) is 0 Å². The van der Waals surface area contributed by atoms with Crippen molar-refractivity contribution < 1.29 is 14.9 Å². The molecule has 0 unspecified atom stereocenters.